The monoisotopic (exact) mass is 320 g/mol. The molecule has 2 aromatic rings. The maximum Gasteiger partial charge on any atom is 0.244 e. The van der Waals surface area contributed by atoms with Crippen molar-refractivity contribution in [2.45, 2.75) is 6.42 Å². The second kappa shape index (κ2) is 7.56. The normalized spacial score (nSPS) is 10.7. The molecule has 1 N–H and O–H groups in total. The fourth-order valence-corrected chi connectivity index (χ4v) is 1.99. The molecule has 0 heterocycles. The summed E-state index contributed by atoms with van der Waals surface area (Å²) in [4.78, 5) is 11.7. The first-order valence-electron chi connectivity index (χ1n) is 6.48. The molecule has 0 radical (unpaired) electrons. The van der Waals surface area contributed by atoms with Gasteiger partial charge in [-0.25, -0.2) is 9.82 Å². The van der Waals surface area contributed by atoms with Crippen LogP contribution in [-0.2, 0) is 11.2 Å². The maximum absolute atomic E-state index is 12.8. The fourth-order valence-electron chi connectivity index (χ4n) is 1.81. The Kier molecular flexibility index (Phi) is 5.49. The Morgan fingerprint density at radius 1 is 1.32 bits per heavy atom. The number of carbonyl (C=O) groups excluding carboxylic acids is 1. The molecule has 0 aliphatic carbocycles. The number of methoxy groups -OCH3 is 1. The molecular formula is C16H14ClFN2O2. The van der Waals surface area contributed by atoms with Crippen molar-refractivity contribution in [1.29, 1.82) is 0 Å². The molecule has 114 valence electrons. The number of carbonyl (C=O) groups is 1. The summed E-state index contributed by atoms with van der Waals surface area (Å²) in [6, 6.07) is 10.8. The molecule has 0 atom stereocenters. The van der Waals surface area contributed by atoms with Crippen molar-refractivity contribution in [2.75, 3.05) is 7.11 Å². The van der Waals surface area contributed by atoms with E-state index in [-0.39, 0.29) is 18.1 Å². The zero-order valence-electron chi connectivity index (χ0n) is 11.8. The summed E-state index contributed by atoms with van der Waals surface area (Å²) in [6.07, 6.45) is 1.57. The van der Waals surface area contributed by atoms with E-state index < -0.39 is 0 Å². The van der Waals surface area contributed by atoms with Crippen LogP contribution in [0.4, 0.5) is 4.39 Å². The molecule has 0 spiro atoms. The Hall–Kier alpha value is -2.40. The van der Waals surface area contributed by atoms with Crippen LogP contribution < -0.4 is 10.2 Å². The second-order valence-electron chi connectivity index (χ2n) is 4.48. The summed E-state index contributed by atoms with van der Waals surface area (Å²) < 4.78 is 17.9. The fraction of sp³-hybridized carbons (Fsp3) is 0.125. The first kappa shape index (κ1) is 16.0. The molecule has 0 unspecified atom stereocenters. The van der Waals surface area contributed by atoms with Gasteiger partial charge in [0.1, 0.15) is 11.6 Å². The summed E-state index contributed by atoms with van der Waals surface area (Å²) in [5, 5.41) is 4.41. The molecule has 0 aromatic heterocycles. The van der Waals surface area contributed by atoms with Crippen LogP contribution in [-0.4, -0.2) is 19.2 Å². The predicted octanol–water partition coefficient (Wildman–Crippen LogP) is 3.18. The van der Waals surface area contributed by atoms with Gasteiger partial charge in [-0.1, -0.05) is 23.7 Å². The summed E-state index contributed by atoms with van der Waals surface area (Å²) in [5.74, 6) is -0.0417. The molecular weight excluding hydrogens is 307 g/mol. The Labute approximate surface area is 132 Å². The third-order valence-corrected chi connectivity index (χ3v) is 3.10. The van der Waals surface area contributed by atoms with E-state index in [9.17, 15) is 9.18 Å². The van der Waals surface area contributed by atoms with Crippen molar-refractivity contribution < 1.29 is 13.9 Å². The average Bonchev–Trinajstić information content (AvgIpc) is 2.50. The van der Waals surface area contributed by atoms with Crippen molar-refractivity contribution in [3.63, 3.8) is 0 Å². The first-order chi connectivity index (χ1) is 10.6. The van der Waals surface area contributed by atoms with Gasteiger partial charge >= 0.3 is 0 Å². The van der Waals surface area contributed by atoms with Gasteiger partial charge in [0.15, 0.2) is 0 Å². The molecule has 6 heteroatoms. The predicted molar refractivity (Wildman–Crippen MR) is 83.8 cm³/mol. The molecule has 1 amide bonds. The van der Waals surface area contributed by atoms with E-state index in [2.05, 4.69) is 10.5 Å². The molecule has 2 rings (SSSR count). The van der Waals surface area contributed by atoms with Crippen molar-refractivity contribution in [3.8, 4) is 5.75 Å². The van der Waals surface area contributed by atoms with Crippen LogP contribution in [0, 0.1) is 5.82 Å². The average molecular weight is 321 g/mol. The molecule has 0 saturated carbocycles. The number of nitrogens with zero attached hydrogens (tertiary/aromatic N) is 1. The van der Waals surface area contributed by atoms with Crippen molar-refractivity contribution >= 4 is 23.7 Å². The third-order valence-electron chi connectivity index (χ3n) is 2.86. The summed E-state index contributed by atoms with van der Waals surface area (Å²) in [5.41, 5.74) is 3.76. The van der Waals surface area contributed by atoms with E-state index in [1.807, 2.05) is 0 Å². The van der Waals surface area contributed by atoms with Crippen LogP contribution in [0.5, 0.6) is 5.75 Å². The molecule has 2 aromatic carbocycles. The lowest BCUT2D eigenvalue weighted by atomic mass is 10.1. The highest BCUT2D eigenvalue weighted by atomic mass is 35.5. The Morgan fingerprint density at radius 3 is 2.73 bits per heavy atom. The Bertz CT molecular complexity index is 687. The number of hydrogen-bond donors (Lipinski definition) is 1. The second-order valence-corrected chi connectivity index (χ2v) is 4.92. The van der Waals surface area contributed by atoms with Crippen LogP contribution >= 0.6 is 11.6 Å². The minimum absolute atomic E-state index is 0.115. The highest BCUT2D eigenvalue weighted by molar-refractivity contribution is 6.30. The zero-order chi connectivity index (χ0) is 15.9. The van der Waals surface area contributed by atoms with Crippen LogP contribution in [0.25, 0.3) is 0 Å². The van der Waals surface area contributed by atoms with Crippen molar-refractivity contribution in [1.82, 2.24) is 5.43 Å². The molecule has 0 aliphatic heterocycles. The lowest BCUT2D eigenvalue weighted by molar-refractivity contribution is -0.120. The lowest BCUT2D eigenvalue weighted by Crippen LogP contribution is -2.19. The Balaban J connectivity index is 1.96. The maximum atomic E-state index is 12.8. The number of benzene rings is 2. The quantitative estimate of drug-likeness (QED) is 0.679. The number of halogens is 2. The smallest absolute Gasteiger partial charge is 0.244 e. The van der Waals surface area contributed by atoms with Gasteiger partial charge in [0.2, 0.25) is 5.91 Å². The van der Waals surface area contributed by atoms with Crippen LogP contribution in [0.1, 0.15) is 11.1 Å². The number of hydrogen-bond acceptors (Lipinski definition) is 3. The van der Waals surface area contributed by atoms with Crippen molar-refractivity contribution in [2.24, 2.45) is 5.10 Å². The minimum atomic E-state index is -0.338. The summed E-state index contributed by atoms with van der Waals surface area (Å²) >= 11 is 5.90. The van der Waals surface area contributed by atoms with Gasteiger partial charge in [-0.05, 0) is 35.9 Å². The number of hydrazone groups is 1. The lowest BCUT2D eigenvalue weighted by Gasteiger charge is -2.04. The van der Waals surface area contributed by atoms with Crippen molar-refractivity contribution in [3.05, 3.63) is 64.4 Å². The molecule has 0 fully saturated rings. The van der Waals surface area contributed by atoms with Crippen LogP contribution in [0.2, 0.25) is 5.02 Å². The van der Waals surface area contributed by atoms with E-state index in [0.29, 0.717) is 21.9 Å². The minimum Gasteiger partial charge on any atom is -0.496 e. The molecule has 4 nitrogen and oxygen atoms in total. The van der Waals surface area contributed by atoms with E-state index in [1.165, 1.54) is 25.5 Å². The van der Waals surface area contributed by atoms with E-state index in [0.717, 1.165) is 0 Å². The molecule has 22 heavy (non-hydrogen) atoms. The standard InChI is InChI=1S/C16H14ClFN2O2/c1-22-15-7-4-13(17)9-12(15)10-19-20-16(21)8-11-2-5-14(18)6-3-11/h2-7,9-10H,8H2,1H3,(H,20,21)/b19-10+. The van der Waals surface area contributed by atoms with Crippen LogP contribution in [0.15, 0.2) is 47.6 Å². The number of rotatable bonds is 5. The van der Waals surface area contributed by atoms with Gasteiger partial charge in [0.05, 0.1) is 19.7 Å². The number of ether oxygens (including phenoxy) is 1. The summed E-state index contributed by atoms with van der Waals surface area (Å²) in [7, 11) is 1.54. The SMILES string of the molecule is COc1ccc(Cl)cc1/C=N/NC(=O)Cc1ccc(F)cc1. The number of nitrogens with one attached hydrogen (secondary N) is 1. The van der Waals surface area contributed by atoms with Gasteiger partial charge in [-0.15, -0.1) is 0 Å². The van der Waals surface area contributed by atoms with Gasteiger partial charge in [0, 0.05) is 10.6 Å². The van der Waals surface area contributed by atoms with Crippen LogP contribution in [0.3, 0.4) is 0 Å². The molecule has 0 aliphatic rings. The highest BCUT2D eigenvalue weighted by Crippen LogP contribution is 2.20. The molecule has 0 saturated heterocycles. The topological polar surface area (TPSA) is 50.7 Å². The molecule has 0 bridgehead atoms. The number of amides is 1. The van der Waals surface area contributed by atoms with Gasteiger partial charge in [-0.2, -0.15) is 5.10 Å². The highest BCUT2D eigenvalue weighted by Gasteiger charge is 2.04. The third kappa shape index (κ3) is 4.56. The van der Waals surface area contributed by atoms with Gasteiger partial charge < -0.3 is 4.74 Å². The van der Waals surface area contributed by atoms with E-state index in [4.69, 9.17) is 16.3 Å². The van der Waals surface area contributed by atoms with E-state index >= 15 is 0 Å². The largest absolute Gasteiger partial charge is 0.496 e. The Morgan fingerprint density at radius 2 is 2.05 bits per heavy atom. The zero-order valence-corrected chi connectivity index (χ0v) is 12.6. The first-order valence-corrected chi connectivity index (χ1v) is 6.86. The van der Waals surface area contributed by atoms with E-state index in [1.54, 1.807) is 30.3 Å². The summed E-state index contributed by atoms with van der Waals surface area (Å²) in [6.45, 7) is 0. The van der Waals surface area contributed by atoms with Gasteiger partial charge in [-0.3, -0.25) is 4.79 Å². The van der Waals surface area contributed by atoms with Gasteiger partial charge in [0.25, 0.3) is 0 Å².